The molecule has 28 heavy (non-hydrogen) atoms. The molecule has 0 spiro atoms. The fourth-order valence-electron chi connectivity index (χ4n) is 3.01. The first kappa shape index (κ1) is 19.7. The molecule has 0 amide bonds. The Labute approximate surface area is 165 Å². The second-order valence-corrected chi connectivity index (χ2v) is 7.07. The van der Waals surface area contributed by atoms with Crippen molar-refractivity contribution in [3.8, 4) is 11.6 Å². The van der Waals surface area contributed by atoms with Crippen LogP contribution in [0.4, 0.5) is 5.82 Å². The van der Waals surface area contributed by atoms with Gasteiger partial charge in [-0.05, 0) is 30.5 Å². The van der Waals surface area contributed by atoms with E-state index in [1.807, 2.05) is 30.1 Å². The van der Waals surface area contributed by atoms with Gasteiger partial charge in [-0.3, -0.25) is 4.79 Å². The van der Waals surface area contributed by atoms with E-state index in [0.29, 0.717) is 23.0 Å². The van der Waals surface area contributed by atoms with Gasteiger partial charge in [0.25, 0.3) is 5.89 Å². The van der Waals surface area contributed by atoms with Gasteiger partial charge in [-0.15, -0.1) is 10.2 Å². The summed E-state index contributed by atoms with van der Waals surface area (Å²) in [6.07, 6.45) is 3.78. The van der Waals surface area contributed by atoms with Crippen LogP contribution in [0.5, 0.6) is 0 Å². The molecular formula is C22H26N4O2. The van der Waals surface area contributed by atoms with Crippen LogP contribution in [-0.2, 0) is 6.42 Å². The number of pyridine rings is 1. The van der Waals surface area contributed by atoms with Gasteiger partial charge in [-0.25, -0.2) is 4.98 Å². The minimum Gasteiger partial charge on any atom is -0.419 e. The van der Waals surface area contributed by atoms with Gasteiger partial charge < -0.3 is 9.32 Å². The molecular weight excluding hydrogens is 352 g/mol. The van der Waals surface area contributed by atoms with Crippen molar-refractivity contribution >= 4 is 12.1 Å². The highest BCUT2D eigenvalue weighted by Gasteiger charge is 2.18. The fraction of sp³-hybridized carbons (Fsp3) is 0.364. The van der Waals surface area contributed by atoms with E-state index in [1.54, 1.807) is 12.1 Å². The second-order valence-electron chi connectivity index (χ2n) is 7.07. The molecule has 1 aromatic carbocycles. The molecule has 0 saturated heterocycles. The summed E-state index contributed by atoms with van der Waals surface area (Å²) in [7, 11) is 1.97. The van der Waals surface area contributed by atoms with E-state index in [4.69, 9.17) is 4.42 Å². The molecule has 2 aromatic heterocycles. The first-order valence-electron chi connectivity index (χ1n) is 9.66. The van der Waals surface area contributed by atoms with Crippen LogP contribution in [0.25, 0.3) is 11.6 Å². The molecule has 0 N–H and O–H groups in total. The molecule has 0 aliphatic heterocycles. The molecule has 0 aliphatic rings. The van der Waals surface area contributed by atoms with Gasteiger partial charge in [-0.2, -0.15) is 0 Å². The highest BCUT2D eigenvalue weighted by molar-refractivity contribution is 5.78. The van der Waals surface area contributed by atoms with E-state index in [0.717, 1.165) is 37.9 Å². The first-order chi connectivity index (χ1) is 13.6. The zero-order valence-electron chi connectivity index (χ0n) is 16.6. The van der Waals surface area contributed by atoms with Crippen molar-refractivity contribution in [1.82, 2.24) is 15.2 Å². The molecule has 2 heterocycles. The van der Waals surface area contributed by atoms with Gasteiger partial charge in [-0.1, -0.05) is 50.6 Å². The number of aromatic nitrogens is 3. The lowest BCUT2D eigenvalue weighted by molar-refractivity contribution is 0.112. The third-order valence-corrected chi connectivity index (χ3v) is 4.67. The van der Waals surface area contributed by atoms with Crippen molar-refractivity contribution in [3.05, 3.63) is 59.5 Å². The first-order valence-corrected chi connectivity index (χ1v) is 9.66. The molecule has 0 saturated carbocycles. The molecule has 6 heteroatoms. The number of rotatable bonds is 9. The summed E-state index contributed by atoms with van der Waals surface area (Å²) in [5.41, 5.74) is 2.28. The summed E-state index contributed by atoms with van der Waals surface area (Å²) in [4.78, 5) is 18.1. The summed E-state index contributed by atoms with van der Waals surface area (Å²) >= 11 is 0. The largest absolute Gasteiger partial charge is 0.419 e. The summed E-state index contributed by atoms with van der Waals surface area (Å²) in [5, 5.41) is 8.38. The fourth-order valence-corrected chi connectivity index (χ4v) is 3.01. The molecule has 3 aromatic rings. The van der Waals surface area contributed by atoms with Crippen LogP contribution < -0.4 is 4.90 Å². The van der Waals surface area contributed by atoms with E-state index < -0.39 is 0 Å². The third kappa shape index (κ3) is 4.82. The van der Waals surface area contributed by atoms with E-state index in [2.05, 4.69) is 41.2 Å². The SMILES string of the molecule is CCCCN(C)c1cc(C=O)cc(-c2nnc(C(C)Cc3ccccc3)o2)n1. The van der Waals surface area contributed by atoms with Crippen LogP contribution in [0.1, 0.15) is 54.4 Å². The van der Waals surface area contributed by atoms with E-state index in [1.165, 1.54) is 5.56 Å². The molecule has 0 fully saturated rings. The lowest BCUT2D eigenvalue weighted by Crippen LogP contribution is -2.20. The van der Waals surface area contributed by atoms with Crippen molar-refractivity contribution < 1.29 is 9.21 Å². The Morgan fingerprint density at radius 3 is 2.68 bits per heavy atom. The number of anilines is 1. The van der Waals surface area contributed by atoms with Gasteiger partial charge in [0.05, 0.1) is 0 Å². The maximum atomic E-state index is 11.4. The summed E-state index contributed by atoms with van der Waals surface area (Å²) in [5.74, 6) is 1.72. The van der Waals surface area contributed by atoms with E-state index in [9.17, 15) is 4.79 Å². The predicted molar refractivity (Wildman–Crippen MR) is 110 cm³/mol. The molecule has 1 unspecified atom stereocenters. The monoisotopic (exact) mass is 378 g/mol. The zero-order valence-corrected chi connectivity index (χ0v) is 16.6. The van der Waals surface area contributed by atoms with Crippen molar-refractivity contribution in [2.24, 2.45) is 0 Å². The van der Waals surface area contributed by atoms with Crippen molar-refractivity contribution in [2.75, 3.05) is 18.5 Å². The molecule has 0 bridgehead atoms. The van der Waals surface area contributed by atoms with Crippen LogP contribution in [0, 0.1) is 0 Å². The van der Waals surface area contributed by atoms with Crippen molar-refractivity contribution in [1.29, 1.82) is 0 Å². The minimum absolute atomic E-state index is 0.0876. The molecule has 146 valence electrons. The number of nitrogens with zero attached hydrogens (tertiary/aromatic N) is 4. The Morgan fingerprint density at radius 1 is 1.18 bits per heavy atom. The van der Waals surface area contributed by atoms with E-state index >= 15 is 0 Å². The number of hydrogen-bond donors (Lipinski definition) is 0. The van der Waals surface area contributed by atoms with Gasteiger partial charge in [0.1, 0.15) is 17.8 Å². The molecule has 0 radical (unpaired) electrons. The van der Waals surface area contributed by atoms with Crippen molar-refractivity contribution in [2.45, 2.75) is 39.0 Å². The Balaban J connectivity index is 1.82. The van der Waals surface area contributed by atoms with Crippen LogP contribution in [0.15, 0.2) is 46.9 Å². The highest BCUT2D eigenvalue weighted by atomic mass is 16.4. The quantitative estimate of drug-likeness (QED) is 0.510. The number of benzene rings is 1. The molecule has 6 nitrogen and oxygen atoms in total. The standard InChI is InChI=1S/C22H26N4O2/c1-4-5-11-26(3)20-14-18(15-27)13-19(23-20)22-25-24-21(28-22)16(2)12-17-9-7-6-8-10-17/h6-10,13-16H,4-5,11-12H2,1-3H3. The number of hydrogen-bond acceptors (Lipinski definition) is 6. The smallest absolute Gasteiger partial charge is 0.266 e. The average molecular weight is 378 g/mol. The van der Waals surface area contributed by atoms with Gasteiger partial charge in [0.2, 0.25) is 5.89 Å². The second kappa shape index (κ2) is 9.26. The van der Waals surface area contributed by atoms with Crippen LogP contribution in [-0.4, -0.2) is 35.1 Å². The lowest BCUT2D eigenvalue weighted by Gasteiger charge is -2.18. The normalized spacial score (nSPS) is 12.0. The lowest BCUT2D eigenvalue weighted by atomic mass is 10.0. The topological polar surface area (TPSA) is 72.1 Å². The number of carbonyl (C=O) groups is 1. The number of unbranched alkanes of at least 4 members (excludes halogenated alkanes) is 1. The highest BCUT2D eigenvalue weighted by Crippen LogP contribution is 2.25. The maximum Gasteiger partial charge on any atom is 0.266 e. The van der Waals surface area contributed by atoms with Crippen LogP contribution in [0.2, 0.25) is 0 Å². The number of carbonyl (C=O) groups excluding carboxylic acids is 1. The Morgan fingerprint density at radius 2 is 1.96 bits per heavy atom. The minimum atomic E-state index is 0.0876. The van der Waals surface area contributed by atoms with Crippen LogP contribution >= 0.6 is 0 Å². The maximum absolute atomic E-state index is 11.4. The van der Waals surface area contributed by atoms with Gasteiger partial charge >= 0.3 is 0 Å². The predicted octanol–water partition coefficient (Wildman–Crippen LogP) is 4.53. The Hall–Kier alpha value is -3.02. The molecule has 3 rings (SSSR count). The van der Waals surface area contributed by atoms with Crippen molar-refractivity contribution in [3.63, 3.8) is 0 Å². The van der Waals surface area contributed by atoms with Crippen LogP contribution in [0.3, 0.4) is 0 Å². The van der Waals surface area contributed by atoms with E-state index in [-0.39, 0.29) is 5.92 Å². The average Bonchev–Trinajstić information content (AvgIpc) is 3.23. The van der Waals surface area contributed by atoms with Gasteiger partial charge in [0.15, 0.2) is 0 Å². The van der Waals surface area contributed by atoms with Gasteiger partial charge in [0, 0.05) is 25.1 Å². The third-order valence-electron chi connectivity index (χ3n) is 4.67. The Bertz CT molecular complexity index is 908. The summed E-state index contributed by atoms with van der Waals surface area (Å²) in [6, 6.07) is 13.7. The molecule has 1 atom stereocenters. The number of aldehydes is 1. The molecule has 0 aliphatic carbocycles. The zero-order chi connectivity index (χ0) is 19.9. The summed E-state index contributed by atoms with van der Waals surface area (Å²) in [6.45, 7) is 5.07. The Kier molecular flexibility index (Phi) is 6.53. The summed E-state index contributed by atoms with van der Waals surface area (Å²) < 4.78 is 5.90.